The molecule has 39 heavy (non-hydrogen) atoms. The van der Waals surface area contributed by atoms with Crippen molar-refractivity contribution in [2.24, 2.45) is 0 Å². The maximum Gasteiger partial charge on any atom is 0.260 e. The first-order valence-electron chi connectivity index (χ1n) is 13.1. The van der Waals surface area contributed by atoms with Crippen LogP contribution in [0.3, 0.4) is 0 Å². The van der Waals surface area contributed by atoms with Gasteiger partial charge in [-0.2, -0.15) is 0 Å². The van der Waals surface area contributed by atoms with Crippen molar-refractivity contribution in [1.29, 1.82) is 0 Å². The van der Waals surface area contributed by atoms with Crippen molar-refractivity contribution >= 4 is 28.7 Å². The predicted octanol–water partition coefficient (Wildman–Crippen LogP) is 7.50. The molecule has 3 heteroatoms. The third-order valence-electron chi connectivity index (χ3n) is 7.52. The van der Waals surface area contributed by atoms with Gasteiger partial charge < -0.3 is 9.47 Å². The fourth-order valence-electron chi connectivity index (χ4n) is 5.73. The van der Waals surface area contributed by atoms with E-state index in [-0.39, 0.29) is 6.71 Å². The highest BCUT2D eigenvalue weighted by molar-refractivity contribution is 6.98. The lowest BCUT2D eigenvalue weighted by Gasteiger charge is -2.33. The van der Waals surface area contributed by atoms with Gasteiger partial charge in [0.2, 0.25) is 0 Å². The third-order valence-corrected chi connectivity index (χ3v) is 7.52. The second-order valence-corrected chi connectivity index (χ2v) is 9.83. The van der Waals surface area contributed by atoms with E-state index in [0.29, 0.717) is 0 Å². The van der Waals surface area contributed by atoms with Gasteiger partial charge in [0.1, 0.15) is 23.0 Å². The summed E-state index contributed by atoms with van der Waals surface area (Å²) in [5.74, 6) is 3.43. The fraction of sp³-hybridized carbons (Fsp3) is 0. The number of ether oxygens (including phenoxy) is 2. The van der Waals surface area contributed by atoms with Crippen LogP contribution in [0.25, 0.3) is 27.8 Å². The lowest BCUT2D eigenvalue weighted by molar-refractivity contribution is 0.465. The predicted molar refractivity (Wildman–Crippen MR) is 163 cm³/mol. The van der Waals surface area contributed by atoms with E-state index in [4.69, 9.17) is 9.47 Å². The summed E-state index contributed by atoms with van der Waals surface area (Å²) in [5, 5.41) is 0. The first-order chi connectivity index (χ1) is 19.2. The van der Waals surface area contributed by atoms with Crippen LogP contribution in [0.5, 0.6) is 23.0 Å². The molecule has 2 nitrogen and oxygen atoms in total. The van der Waals surface area contributed by atoms with Crippen LogP contribution in [0.15, 0.2) is 141 Å². The maximum absolute atomic E-state index is 6.53. The number of fused-ring (bicyclic) bond motifs is 4. The Bertz CT molecular complexity index is 1730. The van der Waals surface area contributed by atoms with Crippen LogP contribution in [0.2, 0.25) is 0 Å². The first-order valence-corrected chi connectivity index (χ1v) is 13.1. The molecule has 0 radical (unpaired) electrons. The van der Waals surface area contributed by atoms with Crippen LogP contribution >= 0.6 is 0 Å². The highest BCUT2D eigenvalue weighted by atomic mass is 16.5. The number of allylic oxidation sites excluding steroid dienone is 4. The van der Waals surface area contributed by atoms with Gasteiger partial charge >= 0.3 is 0 Å². The van der Waals surface area contributed by atoms with Crippen LogP contribution in [0.1, 0.15) is 5.56 Å². The van der Waals surface area contributed by atoms with E-state index < -0.39 is 0 Å². The van der Waals surface area contributed by atoms with E-state index in [1.54, 1.807) is 6.08 Å². The van der Waals surface area contributed by atoms with Gasteiger partial charge in [-0.3, -0.25) is 0 Å². The smallest absolute Gasteiger partial charge is 0.260 e. The van der Waals surface area contributed by atoms with Crippen molar-refractivity contribution in [3.05, 3.63) is 146 Å². The molecule has 0 atom stereocenters. The molecular weight excluding hydrogens is 475 g/mol. The van der Waals surface area contributed by atoms with Gasteiger partial charge in [0.25, 0.3) is 6.71 Å². The molecular formula is C36H25BO2. The summed E-state index contributed by atoms with van der Waals surface area (Å²) in [7, 11) is 0. The molecule has 7 rings (SSSR count). The summed E-state index contributed by atoms with van der Waals surface area (Å²) >= 11 is 0. The van der Waals surface area contributed by atoms with E-state index in [0.717, 1.165) is 72.8 Å². The Hall–Kier alpha value is -5.02. The molecule has 2 aliphatic rings. The quantitative estimate of drug-likeness (QED) is 0.180. The van der Waals surface area contributed by atoms with Crippen molar-refractivity contribution in [2.75, 3.05) is 0 Å². The van der Waals surface area contributed by atoms with E-state index in [1.807, 2.05) is 42.5 Å². The van der Waals surface area contributed by atoms with Gasteiger partial charge in [-0.15, -0.1) is 0 Å². The van der Waals surface area contributed by atoms with E-state index in [9.17, 15) is 0 Å². The second-order valence-electron chi connectivity index (χ2n) is 9.83. The van der Waals surface area contributed by atoms with Crippen LogP contribution in [0.4, 0.5) is 0 Å². The van der Waals surface area contributed by atoms with Gasteiger partial charge in [-0.05, 0) is 86.8 Å². The van der Waals surface area contributed by atoms with E-state index >= 15 is 0 Å². The molecule has 0 fully saturated rings. The number of hydrogen-bond acceptors (Lipinski definition) is 2. The van der Waals surface area contributed by atoms with Crippen LogP contribution in [0, 0.1) is 0 Å². The van der Waals surface area contributed by atoms with Crippen molar-refractivity contribution in [1.82, 2.24) is 0 Å². The van der Waals surface area contributed by atoms with Crippen molar-refractivity contribution < 1.29 is 9.47 Å². The molecule has 2 aliphatic heterocycles. The molecule has 0 unspecified atom stereocenters. The lowest BCUT2D eigenvalue weighted by atomic mass is 9.35. The van der Waals surface area contributed by atoms with Crippen molar-refractivity contribution in [2.45, 2.75) is 0 Å². The number of benzene rings is 5. The maximum atomic E-state index is 6.53. The zero-order valence-electron chi connectivity index (χ0n) is 21.4. The van der Waals surface area contributed by atoms with Gasteiger partial charge in [0.15, 0.2) is 0 Å². The molecule has 5 aromatic carbocycles. The number of para-hydroxylation sites is 2. The highest BCUT2D eigenvalue weighted by Gasteiger charge is 2.40. The minimum Gasteiger partial charge on any atom is -0.458 e. The Morgan fingerprint density at radius 3 is 1.69 bits per heavy atom. The summed E-state index contributed by atoms with van der Waals surface area (Å²) in [6, 6.07) is 38.0. The molecule has 5 aromatic rings. The highest BCUT2D eigenvalue weighted by Crippen LogP contribution is 2.39. The average Bonchev–Trinajstić information content (AvgIpc) is 2.99. The monoisotopic (exact) mass is 500 g/mol. The minimum absolute atomic E-state index is 0.0630. The van der Waals surface area contributed by atoms with E-state index in [1.165, 1.54) is 0 Å². The molecule has 0 bridgehead atoms. The average molecular weight is 500 g/mol. The summed E-state index contributed by atoms with van der Waals surface area (Å²) in [4.78, 5) is 0. The van der Waals surface area contributed by atoms with Gasteiger partial charge in [0, 0.05) is 5.46 Å². The molecule has 0 saturated heterocycles. The lowest BCUT2D eigenvalue weighted by Crippen LogP contribution is -2.57. The SMILES string of the molecule is C=C/C=C(\C=C)c1cc(-c2ccccc2)cc(-c2cc3c4c(c2)Oc2ccccc2B4c2ccccc2O3)c1. The number of hydrogen-bond donors (Lipinski definition) is 0. The van der Waals surface area contributed by atoms with Gasteiger partial charge in [-0.1, -0.05) is 98.1 Å². The Balaban J connectivity index is 1.45. The van der Waals surface area contributed by atoms with Crippen LogP contribution in [-0.4, -0.2) is 6.71 Å². The summed E-state index contributed by atoms with van der Waals surface area (Å²) < 4.78 is 13.1. The van der Waals surface area contributed by atoms with Gasteiger partial charge in [-0.25, -0.2) is 0 Å². The normalized spacial score (nSPS) is 12.8. The Kier molecular flexibility index (Phi) is 5.56. The van der Waals surface area contributed by atoms with E-state index in [2.05, 4.69) is 92.0 Å². The molecule has 184 valence electrons. The molecule has 0 aliphatic carbocycles. The standard InChI is InChI=1S/C36H25BO2/c1-3-12-24(4-2)26-19-27(25-13-6-5-7-14-25)21-28(20-26)29-22-34-36-35(23-29)39-33-18-11-9-16-31(33)37(36)30-15-8-10-17-32(30)38-34/h3-23H,1-2H2/b24-12+. The first kappa shape index (κ1) is 23.1. The zero-order chi connectivity index (χ0) is 26.3. The second kappa shape index (κ2) is 9.38. The van der Waals surface area contributed by atoms with Crippen LogP contribution < -0.4 is 25.9 Å². The molecule has 2 heterocycles. The largest absolute Gasteiger partial charge is 0.458 e. The minimum atomic E-state index is 0.0630. The fourth-order valence-corrected chi connectivity index (χ4v) is 5.73. The summed E-state index contributed by atoms with van der Waals surface area (Å²) in [6.45, 7) is 8.01. The summed E-state index contributed by atoms with van der Waals surface area (Å²) in [6.07, 6.45) is 5.66. The van der Waals surface area contributed by atoms with Gasteiger partial charge in [0.05, 0.1) is 0 Å². The molecule has 0 aromatic heterocycles. The molecule has 0 saturated carbocycles. The van der Waals surface area contributed by atoms with Crippen molar-refractivity contribution in [3.8, 4) is 45.3 Å². The third kappa shape index (κ3) is 3.91. The molecule has 0 spiro atoms. The van der Waals surface area contributed by atoms with Crippen LogP contribution in [-0.2, 0) is 0 Å². The van der Waals surface area contributed by atoms with Crippen molar-refractivity contribution in [3.63, 3.8) is 0 Å². The topological polar surface area (TPSA) is 18.5 Å². The Morgan fingerprint density at radius 1 is 0.564 bits per heavy atom. The zero-order valence-corrected chi connectivity index (χ0v) is 21.4. The Labute approximate surface area is 229 Å². The number of rotatable bonds is 5. The molecule has 0 amide bonds. The molecule has 0 N–H and O–H groups in total. The Morgan fingerprint density at radius 2 is 1.10 bits per heavy atom. The summed E-state index contributed by atoms with van der Waals surface area (Å²) in [5.41, 5.74) is 9.86.